The van der Waals surface area contributed by atoms with Gasteiger partial charge in [0, 0.05) is 50.1 Å². The lowest BCUT2D eigenvalue weighted by Crippen LogP contribution is -2.34. The lowest BCUT2D eigenvalue weighted by atomic mass is 9.92. The molecule has 0 aliphatic carbocycles. The Morgan fingerprint density at radius 2 is 1.61 bits per heavy atom. The zero-order valence-corrected chi connectivity index (χ0v) is 26.2. The number of urea groups is 1. The van der Waals surface area contributed by atoms with Gasteiger partial charge in [-0.05, 0) is 59.7 Å². The second kappa shape index (κ2) is 14.6. The van der Waals surface area contributed by atoms with Crippen LogP contribution >= 0.6 is 0 Å². The van der Waals surface area contributed by atoms with E-state index in [-0.39, 0.29) is 12.0 Å². The van der Waals surface area contributed by atoms with Crippen molar-refractivity contribution >= 4 is 34.8 Å². The molecule has 0 aliphatic rings. The summed E-state index contributed by atoms with van der Waals surface area (Å²) in [6.45, 7) is 6.64. The summed E-state index contributed by atoms with van der Waals surface area (Å²) >= 11 is -1.67. The van der Waals surface area contributed by atoms with Crippen molar-refractivity contribution in [3.8, 4) is 11.4 Å². The maximum atomic E-state index is 13.0. The molecule has 12 nitrogen and oxygen atoms in total. The molecule has 0 spiro atoms. The molecule has 4 aromatic rings. The highest BCUT2D eigenvalue weighted by atomic mass is 32.2. The second-order valence-electron chi connectivity index (χ2n) is 11.0. The first-order valence-corrected chi connectivity index (χ1v) is 15.0. The summed E-state index contributed by atoms with van der Waals surface area (Å²) in [6.07, 6.45) is 3.49. The molecule has 13 heteroatoms. The zero-order valence-electron chi connectivity index (χ0n) is 25.4. The Balaban J connectivity index is 1.37. The van der Waals surface area contributed by atoms with Crippen LogP contribution in [0.2, 0.25) is 0 Å². The maximum absolute atomic E-state index is 13.0. The van der Waals surface area contributed by atoms with Gasteiger partial charge >= 0.3 is 12.1 Å². The number of carbonyl (C=O) groups is 2. The van der Waals surface area contributed by atoms with E-state index < -0.39 is 23.3 Å². The molecular weight excluding hydrogens is 582 g/mol. The topological polar surface area (TPSA) is 140 Å². The molecule has 3 amide bonds. The van der Waals surface area contributed by atoms with Crippen LogP contribution in [-0.2, 0) is 34.4 Å². The first kappa shape index (κ1) is 32.2. The van der Waals surface area contributed by atoms with Crippen LogP contribution in [-0.4, -0.2) is 56.1 Å². The van der Waals surface area contributed by atoms with E-state index in [0.29, 0.717) is 29.5 Å². The summed E-state index contributed by atoms with van der Waals surface area (Å²) < 4.78 is 27.9. The second-order valence-corrected chi connectivity index (χ2v) is 12.5. The standard InChI is InChI=1S/C31H37N7O5S/c1-31(2,3)27-20-28(38(35-27)25-10-6-23(7-11-25)21-43-30(40)36-44(41)37(4)5)34-29(39)33-24-8-12-26(13-9-24)42-19-16-22-14-17-32-18-15-22/h6-15,17-18,20H,16,19,21H2,1-5H3,(H,36,40)(H2,33,34,39). The van der Waals surface area contributed by atoms with Crippen LogP contribution in [0.1, 0.15) is 37.6 Å². The minimum atomic E-state index is -1.67. The summed E-state index contributed by atoms with van der Waals surface area (Å²) in [6, 6.07) is 19.7. The van der Waals surface area contributed by atoms with E-state index in [2.05, 4.69) is 20.3 Å². The predicted octanol–water partition coefficient (Wildman–Crippen LogP) is 5.20. The van der Waals surface area contributed by atoms with E-state index in [1.54, 1.807) is 67.6 Å². The molecule has 0 radical (unpaired) electrons. The molecule has 44 heavy (non-hydrogen) atoms. The van der Waals surface area contributed by atoms with Gasteiger partial charge in [-0.15, -0.1) is 0 Å². The van der Waals surface area contributed by atoms with Gasteiger partial charge in [-0.2, -0.15) is 5.10 Å². The lowest BCUT2D eigenvalue weighted by molar-refractivity contribution is 0.146. The van der Waals surface area contributed by atoms with E-state index in [0.717, 1.165) is 23.2 Å². The molecule has 2 heterocycles. The van der Waals surface area contributed by atoms with Crippen LogP contribution < -0.4 is 20.1 Å². The van der Waals surface area contributed by atoms with Crippen molar-refractivity contribution in [1.29, 1.82) is 0 Å². The number of pyridine rings is 1. The van der Waals surface area contributed by atoms with Crippen molar-refractivity contribution in [2.45, 2.75) is 39.2 Å². The Labute approximate surface area is 259 Å². The first-order chi connectivity index (χ1) is 21.0. The number of aromatic nitrogens is 3. The highest BCUT2D eigenvalue weighted by Gasteiger charge is 2.22. The number of carbonyl (C=O) groups excluding carboxylic acids is 2. The molecule has 232 valence electrons. The monoisotopic (exact) mass is 619 g/mol. The van der Waals surface area contributed by atoms with Gasteiger partial charge in [0.15, 0.2) is 0 Å². The number of anilines is 2. The van der Waals surface area contributed by atoms with Gasteiger partial charge < -0.3 is 14.8 Å². The van der Waals surface area contributed by atoms with Crippen LogP contribution in [0.15, 0.2) is 79.1 Å². The average Bonchev–Trinajstić information content (AvgIpc) is 3.42. The van der Waals surface area contributed by atoms with E-state index >= 15 is 0 Å². The van der Waals surface area contributed by atoms with Crippen LogP contribution in [0.25, 0.3) is 5.69 Å². The van der Waals surface area contributed by atoms with Crippen LogP contribution in [0.3, 0.4) is 0 Å². The van der Waals surface area contributed by atoms with Crippen molar-refractivity contribution in [1.82, 2.24) is 23.8 Å². The molecule has 1 atom stereocenters. The SMILES string of the molecule is CN(C)S(=O)NC(=O)OCc1ccc(-n2nc(C(C)(C)C)cc2NC(=O)Nc2ccc(OCCc3ccncc3)cc2)cc1. The summed E-state index contributed by atoms with van der Waals surface area (Å²) in [4.78, 5) is 28.9. The summed E-state index contributed by atoms with van der Waals surface area (Å²) in [5, 5.41) is 10.5. The minimum Gasteiger partial charge on any atom is -0.493 e. The van der Waals surface area contributed by atoms with E-state index in [1.807, 2.05) is 51.1 Å². The molecule has 2 aromatic carbocycles. The third-order valence-electron chi connectivity index (χ3n) is 6.29. The van der Waals surface area contributed by atoms with Crippen LogP contribution in [0.5, 0.6) is 5.75 Å². The lowest BCUT2D eigenvalue weighted by Gasteiger charge is -2.14. The third kappa shape index (κ3) is 9.38. The Morgan fingerprint density at radius 1 is 0.932 bits per heavy atom. The molecule has 0 bridgehead atoms. The molecule has 0 aliphatic heterocycles. The number of rotatable bonds is 11. The van der Waals surface area contributed by atoms with Crippen LogP contribution in [0, 0.1) is 0 Å². The van der Waals surface area contributed by atoms with Crippen molar-refractivity contribution in [2.24, 2.45) is 0 Å². The fourth-order valence-electron chi connectivity index (χ4n) is 3.86. The highest BCUT2D eigenvalue weighted by Crippen LogP contribution is 2.27. The van der Waals surface area contributed by atoms with Crippen molar-refractivity contribution in [3.05, 3.63) is 95.9 Å². The number of amides is 3. The number of hydrogen-bond donors (Lipinski definition) is 3. The smallest absolute Gasteiger partial charge is 0.420 e. The molecule has 2 aromatic heterocycles. The fourth-order valence-corrected chi connectivity index (χ4v) is 4.24. The number of nitrogens with zero attached hydrogens (tertiary/aromatic N) is 4. The van der Waals surface area contributed by atoms with Gasteiger partial charge in [0.2, 0.25) is 11.2 Å². The number of hydrogen-bond acceptors (Lipinski definition) is 7. The van der Waals surface area contributed by atoms with E-state index in [9.17, 15) is 13.8 Å². The Bertz CT molecular complexity index is 1570. The van der Waals surface area contributed by atoms with Gasteiger partial charge in [0.1, 0.15) is 18.2 Å². The Hall–Kier alpha value is -4.75. The minimum absolute atomic E-state index is 0.00876. The van der Waals surface area contributed by atoms with E-state index in [4.69, 9.17) is 14.6 Å². The van der Waals surface area contributed by atoms with Gasteiger partial charge in [0.25, 0.3) is 0 Å². The summed E-state index contributed by atoms with van der Waals surface area (Å²) in [7, 11) is 3.14. The van der Waals surface area contributed by atoms with Crippen molar-refractivity contribution < 1.29 is 23.3 Å². The van der Waals surface area contributed by atoms with Gasteiger partial charge in [-0.25, -0.2) is 27.5 Å². The first-order valence-electron chi connectivity index (χ1n) is 13.9. The molecular formula is C31H37N7O5S. The van der Waals surface area contributed by atoms with Crippen LogP contribution in [0.4, 0.5) is 21.1 Å². The molecule has 0 saturated heterocycles. The average molecular weight is 620 g/mol. The Kier molecular flexibility index (Phi) is 10.7. The fraction of sp³-hybridized carbons (Fsp3) is 0.290. The normalized spacial score (nSPS) is 12.0. The highest BCUT2D eigenvalue weighted by molar-refractivity contribution is 7.81. The number of nitrogens with one attached hydrogen (secondary N) is 3. The number of ether oxygens (including phenoxy) is 2. The van der Waals surface area contributed by atoms with Crippen molar-refractivity contribution in [3.63, 3.8) is 0 Å². The molecule has 0 saturated carbocycles. The predicted molar refractivity (Wildman–Crippen MR) is 170 cm³/mol. The van der Waals surface area contributed by atoms with Gasteiger partial charge in [-0.3, -0.25) is 10.3 Å². The third-order valence-corrected chi connectivity index (χ3v) is 7.30. The molecule has 3 N–H and O–H groups in total. The van der Waals surface area contributed by atoms with Gasteiger partial charge in [-0.1, -0.05) is 32.9 Å². The Morgan fingerprint density at radius 3 is 2.25 bits per heavy atom. The maximum Gasteiger partial charge on any atom is 0.420 e. The number of benzene rings is 2. The van der Waals surface area contributed by atoms with E-state index in [1.165, 1.54) is 4.31 Å². The molecule has 4 rings (SSSR count). The molecule has 0 fully saturated rings. The van der Waals surface area contributed by atoms with Crippen molar-refractivity contribution in [2.75, 3.05) is 31.3 Å². The summed E-state index contributed by atoms with van der Waals surface area (Å²) in [5.41, 5.74) is 3.70. The van der Waals surface area contributed by atoms with Gasteiger partial charge in [0.05, 0.1) is 18.0 Å². The molecule has 1 unspecified atom stereocenters. The zero-order chi connectivity index (χ0) is 31.7. The largest absolute Gasteiger partial charge is 0.493 e. The quantitative estimate of drug-likeness (QED) is 0.210. The summed E-state index contributed by atoms with van der Waals surface area (Å²) in [5.74, 6) is 1.19.